The van der Waals surface area contributed by atoms with Crippen molar-refractivity contribution in [2.24, 2.45) is 0 Å². The minimum atomic E-state index is -1.01. The molecule has 2 aromatic carbocycles. The summed E-state index contributed by atoms with van der Waals surface area (Å²) in [5, 5.41) is 4.18. The van der Waals surface area contributed by atoms with Gasteiger partial charge in [0.2, 0.25) is 6.54 Å². The van der Waals surface area contributed by atoms with Crippen molar-refractivity contribution in [2.75, 3.05) is 50.8 Å². The molecule has 2 aromatic heterocycles. The van der Waals surface area contributed by atoms with Crippen LogP contribution in [0, 0.1) is 6.57 Å². The Kier molecular flexibility index (Phi) is 7.23. The first kappa shape index (κ1) is 27.7. The van der Waals surface area contributed by atoms with E-state index in [1.165, 1.54) is 27.8 Å². The number of ether oxygens (including phenoxy) is 1. The van der Waals surface area contributed by atoms with Gasteiger partial charge in [0.15, 0.2) is 5.83 Å². The van der Waals surface area contributed by atoms with Crippen LogP contribution in [0.15, 0.2) is 60.3 Å². The zero-order chi connectivity index (χ0) is 29.6. The fraction of sp³-hybridized carbons (Fsp3) is 0.394. The van der Waals surface area contributed by atoms with Crippen LogP contribution < -0.4 is 9.64 Å². The first-order valence-corrected chi connectivity index (χ1v) is 15.7. The molecule has 3 aliphatic heterocycles. The maximum absolute atomic E-state index is 13.8. The summed E-state index contributed by atoms with van der Waals surface area (Å²) in [7, 11) is 0. The van der Waals surface area contributed by atoms with Crippen molar-refractivity contribution in [1.82, 2.24) is 19.8 Å². The van der Waals surface area contributed by atoms with Crippen molar-refractivity contribution < 1.29 is 13.9 Å². The molecule has 0 spiro atoms. The molecule has 0 unspecified atom stereocenters. The number of nitrogens with zero attached hydrogens (tertiary/aromatic N) is 6. The third-order valence-electron chi connectivity index (χ3n) is 9.32. The van der Waals surface area contributed by atoms with E-state index in [1.807, 2.05) is 6.07 Å². The van der Waals surface area contributed by atoms with Crippen molar-refractivity contribution >= 4 is 44.1 Å². The number of carbonyl (C=O) groups excluding carboxylic acids is 1. The normalized spacial score (nSPS) is 20.0. The Morgan fingerprint density at radius 2 is 1.95 bits per heavy atom. The van der Waals surface area contributed by atoms with Crippen LogP contribution in [0.2, 0.25) is 0 Å². The molecule has 1 amide bonds. The van der Waals surface area contributed by atoms with E-state index in [4.69, 9.17) is 21.3 Å². The van der Waals surface area contributed by atoms with Crippen molar-refractivity contribution in [3.63, 3.8) is 0 Å². The summed E-state index contributed by atoms with van der Waals surface area (Å²) in [6.07, 6.45) is 4.61. The summed E-state index contributed by atoms with van der Waals surface area (Å²) in [6, 6.07) is 14.6. The zero-order valence-electron chi connectivity index (χ0n) is 24.0. The van der Waals surface area contributed by atoms with Crippen LogP contribution in [0.3, 0.4) is 0 Å². The minimum Gasteiger partial charge on any atom is -0.461 e. The van der Waals surface area contributed by atoms with Gasteiger partial charge < -0.3 is 19.4 Å². The molecule has 43 heavy (non-hydrogen) atoms. The molecule has 4 aromatic rings. The number of rotatable bonds is 7. The van der Waals surface area contributed by atoms with E-state index in [1.54, 1.807) is 11.3 Å². The van der Waals surface area contributed by atoms with E-state index in [2.05, 4.69) is 63.0 Å². The molecule has 0 N–H and O–H groups in total. The summed E-state index contributed by atoms with van der Waals surface area (Å²) in [5.41, 5.74) is 3.03. The van der Waals surface area contributed by atoms with Gasteiger partial charge >= 0.3 is 6.01 Å². The van der Waals surface area contributed by atoms with Crippen LogP contribution in [0.1, 0.15) is 25.7 Å². The Bertz CT molecular complexity index is 1760. The molecule has 3 fully saturated rings. The predicted molar refractivity (Wildman–Crippen MR) is 168 cm³/mol. The van der Waals surface area contributed by atoms with Gasteiger partial charge in [0.25, 0.3) is 5.91 Å². The van der Waals surface area contributed by atoms with Crippen LogP contribution in [0.4, 0.5) is 10.2 Å². The van der Waals surface area contributed by atoms with E-state index in [0.29, 0.717) is 31.5 Å². The van der Waals surface area contributed by atoms with Gasteiger partial charge in [-0.15, -0.1) is 11.3 Å². The highest BCUT2D eigenvalue weighted by Crippen LogP contribution is 2.40. The molecule has 1 atom stereocenters. The van der Waals surface area contributed by atoms with Gasteiger partial charge in [-0.2, -0.15) is 9.97 Å². The molecule has 8 nitrogen and oxygen atoms in total. The predicted octanol–water partition coefficient (Wildman–Crippen LogP) is 5.94. The van der Waals surface area contributed by atoms with Crippen LogP contribution in [-0.4, -0.2) is 83.1 Å². The maximum atomic E-state index is 13.8. The highest BCUT2D eigenvalue weighted by molar-refractivity contribution is 7.17. The number of fused-ring (bicyclic) bond motifs is 3. The third kappa shape index (κ3) is 5.00. The monoisotopic (exact) mass is 596 g/mol. The van der Waals surface area contributed by atoms with Gasteiger partial charge in [-0.3, -0.25) is 9.69 Å². The molecular weight excluding hydrogens is 563 g/mol. The lowest BCUT2D eigenvalue weighted by atomic mass is 9.95. The van der Waals surface area contributed by atoms with Crippen molar-refractivity contribution in [1.29, 1.82) is 0 Å². The lowest BCUT2D eigenvalue weighted by Crippen LogP contribution is -2.56. The second-order valence-corrected chi connectivity index (χ2v) is 12.7. The number of halogens is 1. The number of benzene rings is 2. The fourth-order valence-electron chi connectivity index (χ4n) is 7.20. The fourth-order valence-corrected chi connectivity index (χ4v) is 8.02. The van der Waals surface area contributed by atoms with Crippen molar-refractivity contribution in [2.45, 2.75) is 37.3 Å². The van der Waals surface area contributed by atoms with Crippen molar-refractivity contribution in [3.8, 4) is 17.1 Å². The number of hydrogen-bond acceptors (Lipinski definition) is 7. The largest absolute Gasteiger partial charge is 0.461 e. The minimum absolute atomic E-state index is 0.0520. The molecule has 3 saturated heterocycles. The van der Waals surface area contributed by atoms with Crippen LogP contribution in [-0.2, 0) is 4.79 Å². The lowest BCUT2D eigenvalue weighted by Gasteiger charge is -2.39. The Labute approximate surface area is 254 Å². The SMILES string of the molecule is [C-]#[N+]C[C@H]1CN(c2nc(OCC34CCCN3CCC4)nc3cc(-c4cccc5sccc45)ccc23)CCN1C(=O)C(=C)F. The average molecular weight is 597 g/mol. The number of piperazine rings is 1. The number of aromatic nitrogens is 2. The van der Waals surface area contributed by atoms with Gasteiger partial charge in [0.1, 0.15) is 18.5 Å². The smallest absolute Gasteiger partial charge is 0.319 e. The molecule has 7 rings (SSSR count). The standard InChI is InChI=1S/C33H33FN6O2S/c1-22(34)31(41)40-16-15-38(20-24(40)19-35-2)30-27-9-8-23(25-6-3-7-29-26(25)10-17-43-29)18-28(27)36-32(37-30)42-21-33-11-4-13-39(33)14-5-12-33/h3,6-10,17-18,24H,1,4-5,11-16,19-21H2/t24-/m0/s1. The van der Waals surface area contributed by atoms with Crippen molar-refractivity contribution in [3.05, 3.63) is 71.7 Å². The van der Waals surface area contributed by atoms with E-state index in [9.17, 15) is 9.18 Å². The van der Waals surface area contributed by atoms with Crippen LogP contribution in [0.25, 0.3) is 37.0 Å². The molecule has 3 aliphatic rings. The first-order chi connectivity index (χ1) is 21.0. The molecule has 10 heteroatoms. The Hall–Kier alpha value is -4.07. The lowest BCUT2D eigenvalue weighted by molar-refractivity contribution is -0.131. The van der Waals surface area contributed by atoms with E-state index in [0.717, 1.165) is 48.0 Å². The number of thiophene rings is 1. The zero-order valence-corrected chi connectivity index (χ0v) is 24.8. The summed E-state index contributed by atoms with van der Waals surface area (Å²) in [4.78, 5) is 32.0. The van der Waals surface area contributed by atoms with Crippen LogP contribution in [0.5, 0.6) is 6.01 Å². The first-order valence-electron chi connectivity index (χ1n) is 14.9. The number of carbonyl (C=O) groups is 1. The quantitative estimate of drug-likeness (QED) is 0.194. The highest BCUT2D eigenvalue weighted by Gasteiger charge is 2.45. The summed E-state index contributed by atoms with van der Waals surface area (Å²) >= 11 is 1.72. The van der Waals surface area contributed by atoms with Gasteiger partial charge in [-0.1, -0.05) is 24.8 Å². The molecule has 0 saturated carbocycles. The van der Waals surface area contributed by atoms with Crippen LogP contribution >= 0.6 is 11.3 Å². The van der Waals surface area contributed by atoms with Gasteiger partial charge in [-0.05, 0) is 79.5 Å². The van der Waals surface area contributed by atoms with E-state index < -0.39 is 17.8 Å². The Morgan fingerprint density at radius 1 is 1.12 bits per heavy atom. The molecule has 0 aliphatic carbocycles. The second-order valence-electron chi connectivity index (χ2n) is 11.8. The Morgan fingerprint density at radius 3 is 2.74 bits per heavy atom. The maximum Gasteiger partial charge on any atom is 0.319 e. The summed E-state index contributed by atoms with van der Waals surface area (Å²) < 4.78 is 21.5. The van der Waals surface area contributed by atoms with Gasteiger partial charge in [0.05, 0.1) is 11.1 Å². The van der Waals surface area contributed by atoms with E-state index >= 15 is 0 Å². The molecule has 5 heterocycles. The topological polar surface area (TPSA) is 66.2 Å². The number of hydrogen-bond donors (Lipinski definition) is 0. The van der Waals surface area contributed by atoms with Gasteiger partial charge in [0, 0.05) is 35.1 Å². The average Bonchev–Trinajstić information content (AvgIpc) is 3.75. The Balaban J connectivity index is 1.27. The van der Waals surface area contributed by atoms with Gasteiger partial charge in [-0.25, -0.2) is 11.0 Å². The number of amides is 1. The highest BCUT2D eigenvalue weighted by atomic mass is 32.1. The molecule has 220 valence electrons. The summed E-state index contributed by atoms with van der Waals surface area (Å²) in [6.45, 7) is 14.5. The van der Waals surface area contributed by atoms with E-state index in [-0.39, 0.29) is 18.6 Å². The second kappa shape index (κ2) is 11.2. The molecular formula is C33H33FN6O2S. The molecule has 0 bridgehead atoms. The summed E-state index contributed by atoms with van der Waals surface area (Å²) in [5.74, 6) is -1.06. The third-order valence-corrected chi connectivity index (χ3v) is 10.2. The number of anilines is 1. The molecule has 0 radical (unpaired) electrons.